The van der Waals surface area contributed by atoms with Gasteiger partial charge in [0.15, 0.2) is 0 Å². The maximum absolute atomic E-state index is 13.6. The molecule has 0 fully saturated rings. The quantitative estimate of drug-likeness (QED) is 0.515. The van der Waals surface area contributed by atoms with E-state index in [0.29, 0.717) is 5.56 Å². The van der Waals surface area contributed by atoms with Crippen LogP contribution in [0.3, 0.4) is 0 Å². The lowest BCUT2D eigenvalue weighted by atomic mass is 9.97. The average Bonchev–Trinajstić information content (AvgIpc) is 2.75. The smallest absolute Gasteiger partial charge is 0.271 e. The molecule has 1 unspecified atom stereocenters. The Morgan fingerprint density at radius 2 is 1.95 bits per heavy atom. The maximum Gasteiger partial charge on any atom is 0.419 e. The third-order valence-corrected chi connectivity index (χ3v) is 3.88. The second kappa shape index (κ2) is 5.51. The molecule has 0 aliphatic heterocycles. The number of thiophene rings is 1. The fourth-order valence-corrected chi connectivity index (χ4v) is 2.85. The van der Waals surface area contributed by atoms with Gasteiger partial charge in [0.1, 0.15) is 5.82 Å². The molecule has 0 saturated heterocycles. The molecule has 0 aliphatic carbocycles. The molecule has 20 heavy (non-hydrogen) atoms. The number of benzene rings is 1. The molecule has 0 amide bonds. The molecule has 1 heterocycles. The lowest BCUT2D eigenvalue weighted by Gasteiger charge is -2.18. The second-order valence-corrected chi connectivity index (χ2v) is 5.09. The van der Waals surface area contributed by atoms with Gasteiger partial charge < -0.3 is 0 Å². The summed E-state index contributed by atoms with van der Waals surface area (Å²) in [6.45, 7) is 1.86. The Labute approximate surface area is 117 Å². The van der Waals surface area contributed by atoms with E-state index in [4.69, 9.17) is 5.84 Å². The number of hydrazine groups is 1. The van der Waals surface area contributed by atoms with E-state index in [2.05, 4.69) is 5.43 Å². The molecule has 0 aliphatic rings. The van der Waals surface area contributed by atoms with Gasteiger partial charge in [-0.2, -0.15) is 24.5 Å². The van der Waals surface area contributed by atoms with Gasteiger partial charge >= 0.3 is 6.18 Å². The van der Waals surface area contributed by atoms with Crippen molar-refractivity contribution < 1.29 is 17.6 Å². The van der Waals surface area contributed by atoms with Gasteiger partial charge in [-0.15, -0.1) is 0 Å². The first-order chi connectivity index (χ1) is 9.34. The van der Waals surface area contributed by atoms with Gasteiger partial charge in [0.25, 0.3) is 0 Å². The van der Waals surface area contributed by atoms with Crippen molar-refractivity contribution in [3.05, 3.63) is 57.0 Å². The molecule has 1 aromatic carbocycles. The van der Waals surface area contributed by atoms with Gasteiger partial charge in [-0.05, 0) is 46.5 Å². The molecular weight excluding hydrogens is 292 g/mol. The first-order valence-electron chi connectivity index (χ1n) is 5.70. The zero-order chi connectivity index (χ0) is 14.9. The minimum absolute atomic E-state index is 0.347. The van der Waals surface area contributed by atoms with Crippen LogP contribution in [0, 0.1) is 12.7 Å². The highest BCUT2D eigenvalue weighted by molar-refractivity contribution is 7.08. The normalized spacial score (nSPS) is 13.5. The Bertz CT molecular complexity index is 607. The van der Waals surface area contributed by atoms with Gasteiger partial charge in [-0.25, -0.2) is 9.82 Å². The standard InChI is InChI=1S/C13H12F4N2S/c1-7-5-20-6-9(7)12(19-18)8-2-3-10(11(14)4-8)13(15,16)17/h2-6,12,19H,18H2,1H3. The van der Waals surface area contributed by atoms with Gasteiger partial charge in [0.2, 0.25) is 0 Å². The van der Waals surface area contributed by atoms with Crippen LogP contribution in [0.2, 0.25) is 0 Å². The van der Waals surface area contributed by atoms with Crippen molar-refractivity contribution in [2.75, 3.05) is 0 Å². The molecule has 2 nitrogen and oxygen atoms in total. The van der Waals surface area contributed by atoms with Crippen LogP contribution in [0.1, 0.15) is 28.3 Å². The van der Waals surface area contributed by atoms with Crippen LogP contribution in [0.5, 0.6) is 0 Å². The lowest BCUT2D eigenvalue weighted by molar-refractivity contribution is -0.140. The molecule has 0 saturated carbocycles. The van der Waals surface area contributed by atoms with Crippen LogP contribution >= 0.6 is 11.3 Å². The predicted molar refractivity (Wildman–Crippen MR) is 69.6 cm³/mol. The Kier molecular flexibility index (Phi) is 4.12. The fourth-order valence-electron chi connectivity index (χ4n) is 1.97. The lowest BCUT2D eigenvalue weighted by Crippen LogP contribution is -2.29. The number of halogens is 4. The van der Waals surface area contributed by atoms with E-state index >= 15 is 0 Å². The fraction of sp³-hybridized carbons (Fsp3) is 0.231. The molecule has 7 heteroatoms. The number of nitrogens with one attached hydrogen (secondary N) is 1. The average molecular weight is 304 g/mol. The van der Waals surface area contributed by atoms with Crippen LogP contribution in [-0.2, 0) is 6.18 Å². The Balaban J connectivity index is 2.43. The third kappa shape index (κ3) is 2.84. The minimum atomic E-state index is -4.70. The summed E-state index contributed by atoms with van der Waals surface area (Å²) in [6.07, 6.45) is -4.70. The summed E-state index contributed by atoms with van der Waals surface area (Å²) in [5.74, 6) is 4.15. The summed E-state index contributed by atoms with van der Waals surface area (Å²) in [5, 5.41) is 3.72. The molecule has 2 aromatic rings. The Hall–Kier alpha value is -1.44. The van der Waals surface area contributed by atoms with E-state index < -0.39 is 23.6 Å². The minimum Gasteiger partial charge on any atom is -0.271 e. The van der Waals surface area contributed by atoms with E-state index in [1.807, 2.05) is 17.7 Å². The number of nitrogens with two attached hydrogens (primary N) is 1. The van der Waals surface area contributed by atoms with Crippen LogP contribution in [0.4, 0.5) is 17.6 Å². The largest absolute Gasteiger partial charge is 0.419 e. The summed E-state index contributed by atoms with van der Waals surface area (Å²) in [6, 6.07) is 2.28. The molecule has 3 N–H and O–H groups in total. The summed E-state index contributed by atoms with van der Waals surface area (Å²) in [7, 11) is 0. The highest BCUT2D eigenvalue weighted by Gasteiger charge is 2.34. The SMILES string of the molecule is Cc1cscc1C(NN)c1ccc(C(F)(F)F)c(F)c1. The summed E-state index contributed by atoms with van der Waals surface area (Å²) in [5.41, 5.74) is 3.33. The van der Waals surface area contributed by atoms with E-state index in [9.17, 15) is 17.6 Å². The number of rotatable bonds is 3. The first kappa shape index (κ1) is 15.0. The van der Waals surface area contributed by atoms with Crippen molar-refractivity contribution in [2.24, 2.45) is 5.84 Å². The zero-order valence-corrected chi connectivity index (χ0v) is 11.3. The monoisotopic (exact) mass is 304 g/mol. The molecule has 2 rings (SSSR count). The molecule has 1 atom stereocenters. The van der Waals surface area contributed by atoms with Gasteiger partial charge in [-0.1, -0.05) is 6.07 Å². The van der Waals surface area contributed by atoms with Crippen LogP contribution < -0.4 is 11.3 Å². The van der Waals surface area contributed by atoms with Gasteiger partial charge in [0, 0.05) is 0 Å². The number of hydrogen-bond donors (Lipinski definition) is 2. The Morgan fingerprint density at radius 3 is 2.40 bits per heavy atom. The summed E-state index contributed by atoms with van der Waals surface area (Å²) >= 11 is 1.45. The first-order valence-corrected chi connectivity index (χ1v) is 6.64. The third-order valence-electron chi connectivity index (χ3n) is 3.00. The summed E-state index contributed by atoms with van der Waals surface area (Å²) < 4.78 is 51.2. The van der Waals surface area contributed by atoms with Gasteiger partial charge in [0.05, 0.1) is 11.6 Å². The number of alkyl halides is 3. The van der Waals surface area contributed by atoms with Crippen LogP contribution in [-0.4, -0.2) is 0 Å². The zero-order valence-electron chi connectivity index (χ0n) is 10.5. The van der Waals surface area contributed by atoms with Crippen molar-refractivity contribution in [1.29, 1.82) is 0 Å². The van der Waals surface area contributed by atoms with Crippen molar-refractivity contribution in [1.82, 2.24) is 5.43 Å². The molecule has 0 spiro atoms. The van der Waals surface area contributed by atoms with Crippen molar-refractivity contribution in [3.63, 3.8) is 0 Å². The molecule has 1 aromatic heterocycles. The molecule has 108 valence electrons. The molecular formula is C13H12F4N2S. The second-order valence-electron chi connectivity index (χ2n) is 4.35. The van der Waals surface area contributed by atoms with E-state index in [0.717, 1.165) is 23.3 Å². The Morgan fingerprint density at radius 1 is 1.25 bits per heavy atom. The number of hydrogen-bond acceptors (Lipinski definition) is 3. The number of aryl methyl sites for hydroxylation is 1. The molecule has 0 radical (unpaired) electrons. The maximum atomic E-state index is 13.6. The van der Waals surface area contributed by atoms with Crippen LogP contribution in [0.15, 0.2) is 29.0 Å². The highest BCUT2D eigenvalue weighted by atomic mass is 32.1. The predicted octanol–water partition coefficient (Wildman–Crippen LogP) is 3.77. The van der Waals surface area contributed by atoms with Crippen molar-refractivity contribution >= 4 is 11.3 Å². The van der Waals surface area contributed by atoms with Crippen LogP contribution in [0.25, 0.3) is 0 Å². The molecule has 0 bridgehead atoms. The topological polar surface area (TPSA) is 38.0 Å². The van der Waals surface area contributed by atoms with E-state index in [1.165, 1.54) is 17.4 Å². The van der Waals surface area contributed by atoms with Gasteiger partial charge in [-0.3, -0.25) is 5.84 Å². The van der Waals surface area contributed by atoms with E-state index in [1.54, 1.807) is 0 Å². The summed E-state index contributed by atoms with van der Waals surface area (Å²) in [4.78, 5) is 0. The van der Waals surface area contributed by atoms with Crippen molar-refractivity contribution in [3.8, 4) is 0 Å². The van der Waals surface area contributed by atoms with Crippen molar-refractivity contribution in [2.45, 2.75) is 19.1 Å². The highest BCUT2D eigenvalue weighted by Crippen LogP contribution is 2.34. The van der Waals surface area contributed by atoms with E-state index in [-0.39, 0.29) is 0 Å².